The summed E-state index contributed by atoms with van der Waals surface area (Å²) in [5.41, 5.74) is -1.17. The molecule has 0 aliphatic carbocycles. The van der Waals surface area contributed by atoms with E-state index in [-0.39, 0.29) is 41.8 Å². The second kappa shape index (κ2) is 9.11. The Morgan fingerprint density at radius 2 is 1.82 bits per heavy atom. The van der Waals surface area contributed by atoms with Gasteiger partial charge in [-0.05, 0) is 58.3 Å². The first-order valence-corrected chi connectivity index (χ1v) is 11.3. The highest BCUT2D eigenvalue weighted by molar-refractivity contribution is 5.84. The van der Waals surface area contributed by atoms with E-state index < -0.39 is 17.3 Å². The molecule has 0 spiro atoms. The number of rotatable bonds is 8. The largest absolute Gasteiger partial charge is 0.393 e. The second-order valence-corrected chi connectivity index (χ2v) is 9.39. The summed E-state index contributed by atoms with van der Waals surface area (Å²) in [5, 5.41) is 20.6. The van der Waals surface area contributed by atoms with Crippen LogP contribution in [0.5, 0.6) is 0 Å². The zero-order chi connectivity index (χ0) is 21.3. The molecule has 2 heterocycles. The molecule has 9 atom stereocenters. The van der Waals surface area contributed by atoms with Gasteiger partial charge in [-0.25, -0.2) is 0 Å². The molecule has 2 aliphatic heterocycles. The molecule has 0 bridgehead atoms. The fourth-order valence-electron chi connectivity index (χ4n) is 5.29. The summed E-state index contributed by atoms with van der Waals surface area (Å²) in [7, 11) is 0. The molecule has 28 heavy (non-hydrogen) atoms. The first kappa shape index (κ1) is 23.8. The molecule has 5 heteroatoms. The minimum Gasteiger partial charge on any atom is -0.393 e. The smallest absolute Gasteiger partial charge is 0.143 e. The van der Waals surface area contributed by atoms with Crippen molar-refractivity contribution < 1.29 is 24.5 Å². The van der Waals surface area contributed by atoms with Gasteiger partial charge in [0.25, 0.3) is 0 Å². The highest BCUT2D eigenvalue weighted by Gasteiger charge is 2.55. The Balaban J connectivity index is 2.20. The van der Waals surface area contributed by atoms with Gasteiger partial charge in [0.2, 0.25) is 0 Å². The normalized spacial score (nSPS) is 42.2. The number of aliphatic hydroxyl groups excluding tert-OH is 1. The van der Waals surface area contributed by atoms with Crippen LogP contribution < -0.4 is 0 Å². The lowest BCUT2D eigenvalue weighted by atomic mass is 9.77. The molecule has 164 valence electrons. The third-order valence-corrected chi connectivity index (χ3v) is 7.74. The maximum atomic E-state index is 13.0. The van der Waals surface area contributed by atoms with Crippen molar-refractivity contribution in [2.45, 2.75) is 123 Å². The molecule has 0 radical (unpaired) electrons. The average molecular weight is 399 g/mol. The van der Waals surface area contributed by atoms with Crippen LogP contribution in [-0.2, 0) is 14.3 Å². The quantitative estimate of drug-likeness (QED) is 0.649. The minimum atomic E-state index is -0.760. The SMILES string of the molecule is CC[C@H](C(=O)[C@H](C)[C@H](C)O)[C@H]1O[C@](CC)([C@H]2CC[C@](O)(CC)[C@H](C)O2)C[C@@H]1C. The van der Waals surface area contributed by atoms with Gasteiger partial charge in [-0.15, -0.1) is 0 Å². The van der Waals surface area contributed by atoms with Gasteiger partial charge in [0.1, 0.15) is 5.78 Å². The van der Waals surface area contributed by atoms with Crippen molar-refractivity contribution >= 4 is 5.78 Å². The van der Waals surface area contributed by atoms with Crippen molar-refractivity contribution in [3.05, 3.63) is 0 Å². The van der Waals surface area contributed by atoms with Crippen LogP contribution in [0.25, 0.3) is 0 Å². The van der Waals surface area contributed by atoms with Crippen molar-refractivity contribution in [2.24, 2.45) is 17.8 Å². The topological polar surface area (TPSA) is 76.0 Å². The summed E-state index contributed by atoms with van der Waals surface area (Å²) >= 11 is 0. The fourth-order valence-corrected chi connectivity index (χ4v) is 5.29. The number of carbonyl (C=O) groups is 1. The molecule has 2 aliphatic rings. The zero-order valence-electron chi connectivity index (χ0n) is 18.9. The van der Waals surface area contributed by atoms with Gasteiger partial charge in [0, 0.05) is 11.8 Å². The lowest BCUT2D eigenvalue weighted by Crippen LogP contribution is -2.55. The molecule has 0 aromatic heterocycles. The van der Waals surface area contributed by atoms with Crippen molar-refractivity contribution in [1.29, 1.82) is 0 Å². The van der Waals surface area contributed by atoms with E-state index in [0.717, 1.165) is 19.3 Å². The van der Waals surface area contributed by atoms with Crippen molar-refractivity contribution in [1.82, 2.24) is 0 Å². The number of ketones is 1. The Bertz CT molecular complexity index is 535. The van der Waals surface area contributed by atoms with Gasteiger partial charge in [-0.1, -0.05) is 34.6 Å². The van der Waals surface area contributed by atoms with E-state index in [2.05, 4.69) is 13.8 Å². The van der Waals surface area contributed by atoms with Gasteiger partial charge in [-0.2, -0.15) is 0 Å². The van der Waals surface area contributed by atoms with Gasteiger partial charge in [0.05, 0.1) is 35.6 Å². The molecule has 0 amide bonds. The molecule has 2 fully saturated rings. The number of hydrogen-bond donors (Lipinski definition) is 2. The third-order valence-electron chi connectivity index (χ3n) is 7.74. The molecule has 0 aromatic carbocycles. The molecule has 2 rings (SSSR count). The van der Waals surface area contributed by atoms with Crippen LogP contribution in [-0.4, -0.2) is 51.6 Å². The Morgan fingerprint density at radius 1 is 1.18 bits per heavy atom. The van der Waals surface area contributed by atoms with Crippen LogP contribution in [0.3, 0.4) is 0 Å². The lowest BCUT2D eigenvalue weighted by molar-refractivity contribution is -0.229. The second-order valence-electron chi connectivity index (χ2n) is 9.39. The van der Waals surface area contributed by atoms with E-state index in [4.69, 9.17) is 9.47 Å². The molecule has 0 unspecified atom stereocenters. The van der Waals surface area contributed by atoms with Crippen molar-refractivity contribution in [2.75, 3.05) is 0 Å². The highest BCUT2D eigenvalue weighted by atomic mass is 16.6. The summed E-state index contributed by atoms with van der Waals surface area (Å²) in [4.78, 5) is 13.0. The summed E-state index contributed by atoms with van der Waals surface area (Å²) in [6.07, 6.45) is 3.49. The number of carbonyl (C=O) groups excluding carboxylic acids is 1. The lowest BCUT2D eigenvalue weighted by Gasteiger charge is -2.47. The first-order valence-electron chi connectivity index (χ1n) is 11.3. The Morgan fingerprint density at radius 3 is 2.29 bits per heavy atom. The molecule has 2 saturated heterocycles. The minimum absolute atomic E-state index is 0.0615. The predicted molar refractivity (Wildman–Crippen MR) is 110 cm³/mol. The van der Waals surface area contributed by atoms with E-state index >= 15 is 0 Å². The molecule has 5 nitrogen and oxygen atoms in total. The van der Waals surface area contributed by atoms with Crippen LogP contribution in [0.15, 0.2) is 0 Å². The van der Waals surface area contributed by atoms with E-state index in [1.165, 1.54) is 0 Å². The summed E-state index contributed by atoms with van der Waals surface area (Å²) in [6.45, 7) is 13.8. The standard InChI is InChI=1S/C23H42O5/c1-8-18(20(25)15(5)16(6)24)21-14(4)13-23(10-3,28-21)19-11-12-22(26,9-2)17(7)27-19/h14-19,21,24,26H,8-13H2,1-7H3/t14-,15+,16-,17-,18+,19+,21-,22+,23-/m0/s1. The highest BCUT2D eigenvalue weighted by Crippen LogP contribution is 2.48. The zero-order valence-corrected chi connectivity index (χ0v) is 18.9. The van der Waals surface area contributed by atoms with Crippen LogP contribution in [0, 0.1) is 17.8 Å². The van der Waals surface area contributed by atoms with Crippen LogP contribution >= 0.6 is 0 Å². The number of aliphatic hydroxyl groups is 2. The predicted octanol–water partition coefficient (Wildman–Crippen LogP) is 3.88. The van der Waals surface area contributed by atoms with Crippen LogP contribution in [0.4, 0.5) is 0 Å². The first-order chi connectivity index (χ1) is 13.0. The van der Waals surface area contributed by atoms with Gasteiger partial charge >= 0.3 is 0 Å². The monoisotopic (exact) mass is 398 g/mol. The molecule has 0 aromatic rings. The Kier molecular flexibility index (Phi) is 7.74. The third kappa shape index (κ3) is 4.33. The average Bonchev–Trinajstić information content (AvgIpc) is 3.01. The van der Waals surface area contributed by atoms with Gasteiger partial charge < -0.3 is 19.7 Å². The Hall–Kier alpha value is -0.490. The molecular formula is C23H42O5. The van der Waals surface area contributed by atoms with E-state index in [9.17, 15) is 15.0 Å². The molecular weight excluding hydrogens is 356 g/mol. The maximum absolute atomic E-state index is 13.0. The van der Waals surface area contributed by atoms with Crippen LogP contribution in [0.1, 0.15) is 87.0 Å². The Labute approximate surface area is 171 Å². The molecule has 2 N–H and O–H groups in total. The number of hydrogen-bond acceptors (Lipinski definition) is 5. The van der Waals surface area contributed by atoms with Crippen molar-refractivity contribution in [3.8, 4) is 0 Å². The van der Waals surface area contributed by atoms with E-state index in [1.807, 2.05) is 20.8 Å². The van der Waals surface area contributed by atoms with Gasteiger partial charge in [0.15, 0.2) is 0 Å². The van der Waals surface area contributed by atoms with E-state index in [1.54, 1.807) is 13.8 Å². The summed E-state index contributed by atoms with van der Waals surface area (Å²) < 4.78 is 13.0. The maximum Gasteiger partial charge on any atom is 0.143 e. The summed E-state index contributed by atoms with van der Waals surface area (Å²) in [6, 6.07) is 0. The number of ether oxygens (including phenoxy) is 2. The molecule has 0 saturated carbocycles. The van der Waals surface area contributed by atoms with Crippen LogP contribution in [0.2, 0.25) is 0 Å². The fraction of sp³-hybridized carbons (Fsp3) is 0.957. The number of Topliss-reactive ketones (excluding diaryl/α,β-unsaturated/α-hetero) is 1. The van der Waals surface area contributed by atoms with Gasteiger partial charge in [-0.3, -0.25) is 4.79 Å². The van der Waals surface area contributed by atoms with E-state index in [0.29, 0.717) is 19.3 Å². The van der Waals surface area contributed by atoms with Crippen molar-refractivity contribution in [3.63, 3.8) is 0 Å². The summed E-state index contributed by atoms with van der Waals surface area (Å²) in [5.74, 6) is -0.245.